The van der Waals surface area contributed by atoms with E-state index in [1.165, 1.54) is 24.8 Å². The summed E-state index contributed by atoms with van der Waals surface area (Å²) in [5.41, 5.74) is 1.84. The second-order valence-electron chi connectivity index (χ2n) is 9.55. The predicted molar refractivity (Wildman–Crippen MR) is 96.2 cm³/mol. The van der Waals surface area contributed by atoms with Crippen molar-refractivity contribution in [3.8, 4) is 0 Å². The fraction of sp³-hybridized carbons (Fsp3) is 0.714. The van der Waals surface area contributed by atoms with Gasteiger partial charge in [0.05, 0.1) is 33.4 Å². The van der Waals surface area contributed by atoms with E-state index >= 15 is 0 Å². The zero-order valence-electron chi connectivity index (χ0n) is 15.9. The molecule has 0 aromatic heterocycles. The third-order valence-electron chi connectivity index (χ3n) is 7.21. The standard InChI is InChI=1S/C21H34NO/c1-19(2)18-12-13-20(19,3)21(16-18,17-10-8-7-9-11-17)23-15-14-22(4,5)6/h7-11,18H,12-16H2,1-6H3/q+1/t18-,20-,21+/m1/s1. The average molecular weight is 317 g/mol. The quantitative estimate of drug-likeness (QED) is 0.729. The number of rotatable bonds is 5. The van der Waals surface area contributed by atoms with Crippen LogP contribution in [0.15, 0.2) is 30.3 Å². The fourth-order valence-corrected chi connectivity index (χ4v) is 5.19. The van der Waals surface area contributed by atoms with E-state index in [4.69, 9.17) is 4.74 Å². The fourth-order valence-electron chi connectivity index (χ4n) is 5.19. The Bertz CT molecular complexity index is 559. The molecule has 2 saturated carbocycles. The third-order valence-corrected chi connectivity index (χ3v) is 7.21. The number of hydrogen-bond acceptors (Lipinski definition) is 1. The molecule has 0 amide bonds. The van der Waals surface area contributed by atoms with E-state index in [0.717, 1.165) is 23.6 Å². The zero-order chi connectivity index (χ0) is 16.9. The smallest absolute Gasteiger partial charge is 0.102 e. The first-order chi connectivity index (χ1) is 10.6. The first kappa shape index (κ1) is 17.0. The second kappa shape index (κ2) is 5.32. The topological polar surface area (TPSA) is 9.23 Å². The molecule has 2 nitrogen and oxygen atoms in total. The summed E-state index contributed by atoms with van der Waals surface area (Å²) in [5, 5.41) is 0. The lowest BCUT2D eigenvalue weighted by atomic mass is 9.62. The summed E-state index contributed by atoms with van der Waals surface area (Å²) in [6.07, 6.45) is 3.82. The minimum atomic E-state index is -0.115. The molecule has 0 aliphatic heterocycles. The van der Waals surface area contributed by atoms with Gasteiger partial charge in [-0.05, 0) is 36.2 Å². The molecule has 23 heavy (non-hydrogen) atoms. The van der Waals surface area contributed by atoms with Crippen molar-refractivity contribution in [3.63, 3.8) is 0 Å². The lowest BCUT2D eigenvalue weighted by Crippen LogP contribution is -2.48. The number of ether oxygens (including phenoxy) is 1. The highest BCUT2D eigenvalue weighted by molar-refractivity contribution is 5.32. The van der Waals surface area contributed by atoms with E-state index in [9.17, 15) is 0 Å². The first-order valence-electron chi connectivity index (χ1n) is 9.12. The molecule has 0 radical (unpaired) electrons. The van der Waals surface area contributed by atoms with Crippen LogP contribution in [0, 0.1) is 16.7 Å². The van der Waals surface area contributed by atoms with Crippen LogP contribution in [0.4, 0.5) is 0 Å². The molecule has 1 aromatic carbocycles. The highest BCUT2D eigenvalue weighted by Crippen LogP contribution is 2.73. The largest absolute Gasteiger partial charge is 0.364 e. The van der Waals surface area contributed by atoms with Gasteiger partial charge in [-0.25, -0.2) is 0 Å². The number of quaternary nitrogens is 1. The molecule has 0 spiro atoms. The summed E-state index contributed by atoms with van der Waals surface area (Å²) in [5.74, 6) is 0.775. The van der Waals surface area contributed by atoms with E-state index in [0.29, 0.717) is 5.41 Å². The van der Waals surface area contributed by atoms with Crippen molar-refractivity contribution in [3.05, 3.63) is 35.9 Å². The molecule has 2 fully saturated rings. The summed E-state index contributed by atoms with van der Waals surface area (Å²) in [4.78, 5) is 0. The first-order valence-corrected chi connectivity index (χ1v) is 9.12. The van der Waals surface area contributed by atoms with E-state index in [-0.39, 0.29) is 11.0 Å². The van der Waals surface area contributed by atoms with Gasteiger partial charge < -0.3 is 9.22 Å². The maximum Gasteiger partial charge on any atom is 0.102 e. The van der Waals surface area contributed by atoms with Crippen LogP contribution >= 0.6 is 0 Å². The summed E-state index contributed by atoms with van der Waals surface area (Å²) >= 11 is 0. The van der Waals surface area contributed by atoms with Crippen molar-refractivity contribution in [2.24, 2.45) is 16.7 Å². The van der Waals surface area contributed by atoms with Crippen molar-refractivity contribution in [2.45, 2.75) is 45.6 Å². The number of nitrogens with zero attached hydrogens (tertiary/aromatic N) is 1. The molecule has 0 heterocycles. The molecule has 2 aliphatic carbocycles. The molecular weight excluding hydrogens is 282 g/mol. The molecule has 1 aromatic rings. The maximum atomic E-state index is 6.81. The van der Waals surface area contributed by atoms with Crippen LogP contribution in [-0.4, -0.2) is 38.8 Å². The van der Waals surface area contributed by atoms with Gasteiger partial charge in [0, 0.05) is 5.41 Å². The Hall–Kier alpha value is -0.860. The molecule has 2 bridgehead atoms. The normalized spacial score (nSPS) is 35.7. The maximum absolute atomic E-state index is 6.81. The van der Waals surface area contributed by atoms with Gasteiger partial charge in [-0.1, -0.05) is 51.1 Å². The van der Waals surface area contributed by atoms with Crippen LogP contribution < -0.4 is 0 Å². The third kappa shape index (κ3) is 2.46. The van der Waals surface area contributed by atoms with Gasteiger partial charge in [0.25, 0.3) is 0 Å². The molecule has 128 valence electrons. The molecule has 2 heteroatoms. The molecule has 3 rings (SSSR count). The van der Waals surface area contributed by atoms with Crippen LogP contribution in [0.25, 0.3) is 0 Å². The number of hydrogen-bond donors (Lipinski definition) is 0. The summed E-state index contributed by atoms with van der Waals surface area (Å²) in [6.45, 7) is 9.31. The zero-order valence-corrected chi connectivity index (χ0v) is 15.9. The van der Waals surface area contributed by atoms with Gasteiger partial charge in [0.2, 0.25) is 0 Å². The van der Waals surface area contributed by atoms with Crippen molar-refractivity contribution in [2.75, 3.05) is 34.3 Å². The van der Waals surface area contributed by atoms with Crippen LogP contribution in [0.1, 0.15) is 45.6 Å². The highest BCUT2D eigenvalue weighted by Gasteiger charge is 2.70. The van der Waals surface area contributed by atoms with Crippen LogP contribution in [-0.2, 0) is 10.3 Å². The number of benzene rings is 1. The van der Waals surface area contributed by atoms with Crippen LogP contribution in [0.2, 0.25) is 0 Å². The lowest BCUT2D eigenvalue weighted by Gasteiger charge is -2.49. The van der Waals surface area contributed by atoms with Gasteiger partial charge in [-0.3, -0.25) is 0 Å². The van der Waals surface area contributed by atoms with Gasteiger partial charge in [0.1, 0.15) is 6.54 Å². The van der Waals surface area contributed by atoms with Crippen molar-refractivity contribution >= 4 is 0 Å². The summed E-state index contributed by atoms with van der Waals surface area (Å²) < 4.78 is 7.76. The van der Waals surface area contributed by atoms with E-state index in [1.807, 2.05) is 0 Å². The molecule has 3 atom stereocenters. The summed E-state index contributed by atoms with van der Waals surface area (Å²) in [7, 11) is 6.72. The van der Waals surface area contributed by atoms with E-state index in [1.54, 1.807) is 0 Å². The molecule has 0 N–H and O–H groups in total. The second-order valence-corrected chi connectivity index (χ2v) is 9.55. The van der Waals surface area contributed by atoms with Gasteiger partial charge in [-0.15, -0.1) is 0 Å². The minimum Gasteiger partial charge on any atom is -0.364 e. The van der Waals surface area contributed by atoms with E-state index in [2.05, 4.69) is 72.2 Å². The lowest BCUT2D eigenvalue weighted by molar-refractivity contribution is -0.871. The van der Waals surface area contributed by atoms with E-state index < -0.39 is 0 Å². The Morgan fingerprint density at radius 1 is 1.09 bits per heavy atom. The average Bonchev–Trinajstić information content (AvgIpc) is 2.79. The summed E-state index contributed by atoms with van der Waals surface area (Å²) in [6, 6.07) is 11.0. The van der Waals surface area contributed by atoms with Gasteiger partial charge >= 0.3 is 0 Å². The SMILES string of the molecule is CC1(C)[C@@H]2CC[C@@]1(C)[C@@](OCC[N+](C)(C)C)(c1ccccc1)C2. The van der Waals surface area contributed by atoms with Gasteiger partial charge in [0.15, 0.2) is 0 Å². The Kier molecular flexibility index (Phi) is 3.93. The van der Waals surface area contributed by atoms with Crippen molar-refractivity contribution in [1.29, 1.82) is 0 Å². The molecule has 2 aliphatic rings. The van der Waals surface area contributed by atoms with Gasteiger partial charge in [-0.2, -0.15) is 0 Å². The van der Waals surface area contributed by atoms with Crippen molar-refractivity contribution < 1.29 is 9.22 Å². The van der Waals surface area contributed by atoms with Crippen molar-refractivity contribution in [1.82, 2.24) is 0 Å². The van der Waals surface area contributed by atoms with Crippen LogP contribution in [0.5, 0.6) is 0 Å². The highest BCUT2D eigenvalue weighted by atomic mass is 16.5. The molecular formula is C21H34NO+. The monoisotopic (exact) mass is 316 g/mol. The number of fused-ring (bicyclic) bond motifs is 2. The Balaban J connectivity index is 1.97. The Morgan fingerprint density at radius 2 is 1.74 bits per heavy atom. The Morgan fingerprint density at radius 3 is 2.22 bits per heavy atom. The predicted octanol–water partition coefficient (Wildman–Crippen LogP) is 4.45. The Labute approximate surface area is 142 Å². The molecule has 0 unspecified atom stereocenters. The number of likely N-dealkylation sites (N-methyl/N-ethyl adjacent to an activating group) is 1. The minimum absolute atomic E-state index is 0.115. The molecule has 0 saturated heterocycles. The van der Waals surface area contributed by atoms with Crippen LogP contribution in [0.3, 0.4) is 0 Å².